The summed E-state index contributed by atoms with van der Waals surface area (Å²) in [4.78, 5) is 13.6. The van der Waals surface area contributed by atoms with E-state index >= 15 is 0 Å². The van der Waals surface area contributed by atoms with Crippen molar-refractivity contribution in [1.82, 2.24) is 10.2 Å². The summed E-state index contributed by atoms with van der Waals surface area (Å²) >= 11 is 0. The van der Waals surface area contributed by atoms with Crippen LogP contribution in [0.4, 0.5) is 0 Å². The molecule has 1 aromatic carbocycles. The van der Waals surface area contributed by atoms with E-state index in [1.54, 1.807) is 7.05 Å². The van der Waals surface area contributed by atoms with Gasteiger partial charge in [0.25, 0.3) is 0 Å². The lowest BCUT2D eigenvalue weighted by Crippen LogP contribution is -2.39. The fourth-order valence-electron chi connectivity index (χ4n) is 2.65. The van der Waals surface area contributed by atoms with Crippen LogP contribution in [0.15, 0.2) is 24.3 Å². The number of fused-ring (bicyclic) bond motifs is 1. The van der Waals surface area contributed by atoms with Gasteiger partial charge in [0.15, 0.2) is 0 Å². The van der Waals surface area contributed by atoms with Crippen LogP contribution in [0.5, 0.6) is 0 Å². The highest BCUT2D eigenvalue weighted by Crippen LogP contribution is 2.35. The van der Waals surface area contributed by atoms with Crippen LogP contribution in [0.1, 0.15) is 23.6 Å². The van der Waals surface area contributed by atoms with Gasteiger partial charge in [-0.2, -0.15) is 0 Å². The minimum atomic E-state index is -0.00664. The number of amides is 1. The van der Waals surface area contributed by atoms with Gasteiger partial charge in [0.05, 0.1) is 13.2 Å². The van der Waals surface area contributed by atoms with Crippen LogP contribution in [0, 0.1) is 0 Å². The van der Waals surface area contributed by atoms with Crippen molar-refractivity contribution >= 4 is 5.91 Å². The van der Waals surface area contributed by atoms with Crippen molar-refractivity contribution in [3.63, 3.8) is 0 Å². The van der Waals surface area contributed by atoms with Gasteiger partial charge in [-0.15, -0.1) is 0 Å². The van der Waals surface area contributed by atoms with E-state index < -0.39 is 0 Å². The van der Waals surface area contributed by atoms with Gasteiger partial charge < -0.3 is 10.4 Å². The van der Waals surface area contributed by atoms with Crippen LogP contribution in [0.25, 0.3) is 0 Å². The zero-order chi connectivity index (χ0) is 13.0. The summed E-state index contributed by atoms with van der Waals surface area (Å²) in [6.45, 7) is 0.956. The van der Waals surface area contributed by atoms with E-state index in [0.29, 0.717) is 13.1 Å². The first-order valence-corrected chi connectivity index (χ1v) is 6.39. The highest BCUT2D eigenvalue weighted by molar-refractivity contribution is 5.77. The Kier molecular flexibility index (Phi) is 4.33. The number of aliphatic hydroxyl groups excluding tert-OH is 1. The molecular formula is C14H20N2O2. The summed E-state index contributed by atoms with van der Waals surface area (Å²) in [5.74, 6) is -0.00664. The molecule has 0 aromatic heterocycles. The van der Waals surface area contributed by atoms with Gasteiger partial charge in [-0.3, -0.25) is 9.69 Å². The van der Waals surface area contributed by atoms with Crippen molar-refractivity contribution in [2.45, 2.75) is 18.9 Å². The van der Waals surface area contributed by atoms with E-state index in [2.05, 4.69) is 28.4 Å². The van der Waals surface area contributed by atoms with Gasteiger partial charge in [0.2, 0.25) is 5.91 Å². The average molecular weight is 248 g/mol. The SMILES string of the molecule is CNC(=O)CN(CCO)C1CCc2ccccc21. The van der Waals surface area contributed by atoms with Gasteiger partial charge in [-0.05, 0) is 24.0 Å². The number of aliphatic hydroxyl groups is 1. The van der Waals surface area contributed by atoms with Gasteiger partial charge in [-0.1, -0.05) is 24.3 Å². The summed E-state index contributed by atoms with van der Waals surface area (Å²) in [6, 6.07) is 8.61. The predicted octanol–water partition coefficient (Wildman–Crippen LogP) is 0.714. The molecular weight excluding hydrogens is 228 g/mol. The number of rotatable bonds is 5. The Morgan fingerprint density at radius 3 is 3.00 bits per heavy atom. The lowest BCUT2D eigenvalue weighted by molar-refractivity contribution is -0.122. The smallest absolute Gasteiger partial charge is 0.233 e. The van der Waals surface area contributed by atoms with E-state index in [1.165, 1.54) is 11.1 Å². The van der Waals surface area contributed by atoms with E-state index in [9.17, 15) is 4.79 Å². The molecule has 98 valence electrons. The van der Waals surface area contributed by atoms with E-state index in [0.717, 1.165) is 12.8 Å². The van der Waals surface area contributed by atoms with Crippen LogP contribution in [0.2, 0.25) is 0 Å². The maximum atomic E-state index is 11.5. The van der Waals surface area contributed by atoms with Crippen molar-refractivity contribution in [3.05, 3.63) is 35.4 Å². The van der Waals surface area contributed by atoms with Crippen LogP contribution in [-0.4, -0.2) is 42.7 Å². The quantitative estimate of drug-likeness (QED) is 0.807. The molecule has 1 aromatic rings. The van der Waals surface area contributed by atoms with E-state index in [-0.39, 0.29) is 18.6 Å². The minimum Gasteiger partial charge on any atom is -0.395 e. The molecule has 1 aliphatic rings. The Balaban J connectivity index is 2.15. The predicted molar refractivity (Wildman–Crippen MR) is 70.2 cm³/mol. The monoisotopic (exact) mass is 248 g/mol. The number of carbonyl (C=O) groups is 1. The third kappa shape index (κ3) is 2.71. The molecule has 1 amide bonds. The molecule has 0 radical (unpaired) electrons. The number of carbonyl (C=O) groups excluding carboxylic acids is 1. The van der Waals surface area contributed by atoms with Gasteiger partial charge in [0.1, 0.15) is 0 Å². The van der Waals surface area contributed by atoms with Crippen LogP contribution in [-0.2, 0) is 11.2 Å². The average Bonchev–Trinajstić information content (AvgIpc) is 2.82. The Labute approximate surface area is 108 Å². The first-order chi connectivity index (χ1) is 8.76. The number of likely N-dealkylation sites (N-methyl/N-ethyl adjacent to an activating group) is 1. The second-order valence-electron chi connectivity index (χ2n) is 4.62. The molecule has 1 atom stereocenters. The van der Waals surface area contributed by atoms with Crippen LogP contribution < -0.4 is 5.32 Å². The maximum Gasteiger partial charge on any atom is 0.233 e. The summed E-state index contributed by atoms with van der Waals surface area (Å²) in [7, 11) is 1.64. The fourth-order valence-corrected chi connectivity index (χ4v) is 2.65. The number of nitrogens with one attached hydrogen (secondary N) is 1. The number of hydrogen-bond acceptors (Lipinski definition) is 3. The molecule has 0 fully saturated rings. The molecule has 18 heavy (non-hydrogen) atoms. The number of benzene rings is 1. The normalized spacial score (nSPS) is 17.8. The number of hydrogen-bond donors (Lipinski definition) is 2. The molecule has 0 saturated heterocycles. The standard InChI is InChI=1S/C14H20N2O2/c1-15-14(18)10-16(8-9-17)13-7-6-11-4-2-3-5-12(11)13/h2-5,13,17H,6-10H2,1H3,(H,15,18). The zero-order valence-electron chi connectivity index (χ0n) is 10.7. The summed E-state index contributed by atoms with van der Waals surface area (Å²) in [5, 5.41) is 11.8. The Hall–Kier alpha value is -1.39. The highest BCUT2D eigenvalue weighted by Gasteiger charge is 2.28. The van der Waals surface area contributed by atoms with Gasteiger partial charge in [0, 0.05) is 19.6 Å². The molecule has 2 N–H and O–H groups in total. The van der Waals surface area contributed by atoms with Crippen LogP contribution in [0.3, 0.4) is 0 Å². The molecule has 1 aliphatic carbocycles. The molecule has 0 heterocycles. The lowest BCUT2D eigenvalue weighted by Gasteiger charge is -2.28. The van der Waals surface area contributed by atoms with Crippen molar-refractivity contribution in [1.29, 1.82) is 0 Å². The fraction of sp³-hybridized carbons (Fsp3) is 0.500. The molecule has 0 aliphatic heterocycles. The Bertz CT molecular complexity index is 420. The minimum absolute atomic E-state index is 0.00664. The maximum absolute atomic E-state index is 11.5. The van der Waals surface area contributed by atoms with E-state index in [1.807, 2.05) is 6.07 Å². The number of aryl methyl sites for hydroxylation is 1. The first kappa shape index (κ1) is 13.1. The Morgan fingerprint density at radius 2 is 2.28 bits per heavy atom. The molecule has 0 spiro atoms. The first-order valence-electron chi connectivity index (χ1n) is 6.39. The van der Waals surface area contributed by atoms with E-state index in [4.69, 9.17) is 5.11 Å². The summed E-state index contributed by atoms with van der Waals surface area (Å²) in [6.07, 6.45) is 2.08. The number of nitrogens with zero attached hydrogens (tertiary/aromatic N) is 1. The molecule has 1 unspecified atom stereocenters. The molecule has 2 rings (SSSR count). The van der Waals surface area contributed by atoms with Crippen molar-refractivity contribution in [3.8, 4) is 0 Å². The van der Waals surface area contributed by atoms with Crippen molar-refractivity contribution in [2.24, 2.45) is 0 Å². The largest absolute Gasteiger partial charge is 0.395 e. The molecule has 0 saturated carbocycles. The highest BCUT2D eigenvalue weighted by atomic mass is 16.3. The second-order valence-corrected chi connectivity index (χ2v) is 4.62. The van der Waals surface area contributed by atoms with Crippen molar-refractivity contribution < 1.29 is 9.90 Å². The second kappa shape index (κ2) is 5.98. The van der Waals surface area contributed by atoms with Crippen molar-refractivity contribution in [2.75, 3.05) is 26.7 Å². The van der Waals surface area contributed by atoms with Gasteiger partial charge in [-0.25, -0.2) is 0 Å². The molecule has 0 bridgehead atoms. The molecule has 4 nitrogen and oxygen atoms in total. The third-order valence-electron chi connectivity index (χ3n) is 3.55. The third-order valence-corrected chi connectivity index (χ3v) is 3.55. The summed E-state index contributed by atoms with van der Waals surface area (Å²) in [5.41, 5.74) is 2.66. The van der Waals surface area contributed by atoms with Gasteiger partial charge >= 0.3 is 0 Å². The Morgan fingerprint density at radius 1 is 1.50 bits per heavy atom. The summed E-state index contributed by atoms with van der Waals surface area (Å²) < 4.78 is 0. The lowest BCUT2D eigenvalue weighted by atomic mass is 10.1. The van der Waals surface area contributed by atoms with Crippen LogP contribution >= 0.6 is 0 Å². The zero-order valence-corrected chi connectivity index (χ0v) is 10.7. The topological polar surface area (TPSA) is 52.6 Å². The molecule has 4 heteroatoms.